The van der Waals surface area contributed by atoms with Gasteiger partial charge in [0.25, 0.3) is 0 Å². The summed E-state index contributed by atoms with van der Waals surface area (Å²) in [4.78, 5) is 17.8. The Morgan fingerprint density at radius 3 is 1.25 bits per heavy atom. The molecule has 14 heteroatoms. The van der Waals surface area contributed by atoms with Crippen molar-refractivity contribution in [1.82, 2.24) is 0 Å². The lowest BCUT2D eigenvalue weighted by molar-refractivity contribution is -0.663. The van der Waals surface area contributed by atoms with Crippen LogP contribution in [-0.2, 0) is 35.8 Å². The largest absolute Gasteiger partial charge is 0.490 e. The van der Waals surface area contributed by atoms with Gasteiger partial charge in [-0.3, -0.25) is 0 Å². The number of carboxylic acids is 2. The fourth-order valence-electron chi connectivity index (χ4n) is 5.55. The molecule has 2 aromatic heterocycles. The number of halogens is 6. The monoisotopic (exact) mass is 722 g/mol. The van der Waals surface area contributed by atoms with Crippen LogP contribution in [0.5, 0.6) is 0 Å². The van der Waals surface area contributed by atoms with Gasteiger partial charge >= 0.3 is 24.3 Å². The number of hydrogen-bond acceptors (Lipinski definition) is 4. The highest BCUT2D eigenvalue weighted by Crippen LogP contribution is 2.24. The number of nitrogens with zero attached hydrogens (tertiary/aromatic N) is 2. The van der Waals surface area contributed by atoms with Gasteiger partial charge in [-0.25, -0.2) is 9.59 Å². The first-order valence-corrected chi connectivity index (χ1v) is 15.7. The molecule has 0 fully saturated rings. The minimum atomic E-state index is -5.08. The lowest BCUT2D eigenvalue weighted by Crippen LogP contribution is -2.36. The zero-order chi connectivity index (χ0) is 37.5. The lowest BCUT2D eigenvalue weighted by atomic mass is 10.1. The summed E-state index contributed by atoms with van der Waals surface area (Å²) in [7, 11) is 0. The Bertz CT molecular complexity index is 2050. The van der Waals surface area contributed by atoms with Gasteiger partial charge in [-0.2, -0.15) is 35.5 Å². The zero-order valence-electron chi connectivity index (χ0n) is 27.2. The third-order valence-corrected chi connectivity index (χ3v) is 8.02. The normalized spacial score (nSPS) is 12.7. The van der Waals surface area contributed by atoms with Gasteiger partial charge in [0, 0.05) is 48.5 Å². The summed E-state index contributed by atoms with van der Waals surface area (Å²) in [6.45, 7) is 3.22. The summed E-state index contributed by atoms with van der Waals surface area (Å²) in [5, 5.41) is 24.1. The minimum Gasteiger partial charge on any atom is -0.475 e. The van der Waals surface area contributed by atoms with Crippen molar-refractivity contribution in [3.63, 3.8) is 0 Å². The number of carboxylic acid groups (broad SMARTS) is 2. The average molecular weight is 723 g/mol. The van der Waals surface area contributed by atoms with E-state index in [1.807, 2.05) is 0 Å². The van der Waals surface area contributed by atoms with E-state index in [2.05, 4.69) is 141 Å². The fourth-order valence-corrected chi connectivity index (χ4v) is 5.55. The Labute approximate surface area is 293 Å². The number of para-hydroxylation sites is 2. The van der Waals surface area contributed by atoms with Crippen LogP contribution >= 0.6 is 0 Å². The summed E-state index contributed by atoms with van der Waals surface area (Å²) in [6, 6.07) is 39.6. The molecule has 0 spiro atoms. The summed E-state index contributed by atoms with van der Waals surface area (Å²) < 4.78 is 68.2. The number of anilines is 2. The van der Waals surface area contributed by atoms with Crippen LogP contribution in [0.15, 0.2) is 122 Å². The molecule has 0 saturated carbocycles. The van der Waals surface area contributed by atoms with Gasteiger partial charge < -0.3 is 20.8 Å². The molecule has 8 nitrogen and oxygen atoms in total. The van der Waals surface area contributed by atoms with E-state index >= 15 is 0 Å². The predicted octanol–water partition coefficient (Wildman–Crippen LogP) is 7.47. The maximum Gasteiger partial charge on any atom is 0.490 e. The molecule has 0 radical (unpaired) electrons. The number of aliphatic carboxylic acids is 2. The Hall–Kier alpha value is -6.18. The second-order valence-electron chi connectivity index (χ2n) is 11.7. The molecule has 52 heavy (non-hydrogen) atoms. The van der Waals surface area contributed by atoms with Crippen molar-refractivity contribution < 1.29 is 55.3 Å². The highest BCUT2D eigenvalue weighted by atomic mass is 19.4. The van der Waals surface area contributed by atoms with Crippen LogP contribution < -0.4 is 19.8 Å². The molecule has 9 rings (SSSR count). The Balaban J connectivity index is 0.000000318. The maximum absolute atomic E-state index is 10.6. The van der Waals surface area contributed by atoms with E-state index in [4.69, 9.17) is 19.8 Å². The van der Waals surface area contributed by atoms with Crippen LogP contribution in [0.25, 0.3) is 21.8 Å². The molecule has 0 saturated heterocycles. The van der Waals surface area contributed by atoms with Gasteiger partial charge in [-0.05, 0) is 29.3 Å². The molecule has 0 aliphatic carbocycles. The van der Waals surface area contributed by atoms with Crippen molar-refractivity contribution in [1.29, 1.82) is 0 Å². The topological polar surface area (TPSA) is 106 Å². The lowest BCUT2D eigenvalue weighted by Gasteiger charge is -2.11. The number of pyridine rings is 2. The van der Waals surface area contributed by atoms with Crippen LogP contribution in [0.4, 0.5) is 37.7 Å². The average Bonchev–Trinajstić information content (AvgIpc) is 3.11. The summed E-state index contributed by atoms with van der Waals surface area (Å²) >= 11 is 0. The van der Waals surface area contributed by atoms with Crippen LogP contribution in [0, 0.1) is 0 Å². The molecule has 8 bridgehead atoms. The van der Waals surface area contributed by atoms with E-state index in [1.54, 1.807) is 0 Å². The first kappa shape index (κ1) is 37.1. The van der Waals surface area contributed by atoms with Crippen molar-refractivity contribution in [2.75, 3.05) is 10.6 Å². The molecule has 4 N–H and O–H groups in total. The van der Waals surface area contributed by atoms with Crippen LogP contribution in [-0.4, -0.2) is 34.5 Å². The van der Waals surface area contributed by atoms with Crippen molar-refractivity contribution in [3.8, 4) is 0 Å². The quantitative estimate of drug-likeness (QED) is 0.0959. The van der Waals surface area contributed by atoms with Crippen molar-refractivity contribution >= 4 is 45.1 Å². The molecule has 268 valence electrons. The van der Waals surface area contributed by atoms with Crippen molar-refractivity contribution in [2.24, 2.45) is 0 Å². The fraction of sp³-hybridized carbons (Fsp3) is 0.158. The van der Waals surface area contributed by atoms with Gasteiger partial charge in [-0.1, -0.05) is 66.7 Å². The SMILES string of the molecule is O=C(O)C(F)(F)F.O=C(O)C(F)(F)F.c1cc2cc(c1)C[n+]1ccc(c3ccccc31)NCc1ccc(cc1)CNc1cc[n+](c3ccccc13)C2. The molecule has 3 aliphatic heterocycles. The number of rotatable bonds is 0. The molecule has 0 unspecified atom stereocenters. The number of fused-ring (bicyclic) bond motifs is 2. The summed E-state index contributed by atoms with van der Waals surface area (Å²) in [6.07, 6.45) is -5.76. The van der Waals surface area contributed by atoms with Crippen LogP contribution in [0.1, 0.15) is 22.3 Å². The van der Waals surface area contributed by atoms with Gasteiger partial charge in [-0.15, -0.1) is 0 Å². The maximum atomic E-state index is 10.6. The molecule has 4 aromatic carbocycles. The number of benzene rings is 4. The molecular weight excluding hydrogens is 690 g/mol. The first-order valence-electron chi connectivity index (χ1n) is 15.7. The summed E-state index contributed by atoms with van der Waals surface area (Å²) in [5.74, 6) is -5.51. The standard InChI is InChI=1S/C34H28N4.2C2HF3O2/c1-3-10-33-29(8-1)31-16-18-37(33)23-27-6-5-7-28(20-27)24-38-19-17-32(30-9-2-4-11-34(30)38)36-22-26-14-12-25(13-15-26)21-35-31;2*3-2(4,5)1(6)7/h1-20H,21-24H2;2*(H,6,7)/p+2. The highest BCUT2D eigenvalue weighted by molar-refractivity contribution is 5.89. The Morgan fingerprint density at radius 1 is 0.519 bits per heavy atom. The number of carbonyl (C=O) groups is 2. The number of hydrogen-bond donors (Lipinski definition) is 4. The Morgan fingerprint density at radius 2 is 0.885 bits per heavy atom. The minimum absolute atomic E-state index is 0.785. The molecule has 0 amide bonds. The highest BCUT2D eigenvalue weighted by Gasteiger charge is 2.38. The predicted molar refractivity (Wildman–Crippen MR) is 181 cm³/mol. The van der Waals surface area contributed by atoms with Gasteiger partial charge in [0.2, 0.25) is 11.0 Å². The summed E-state index contributed by atoms with van der Waals surface area (Å²) in [5.41, 5.74) is 9.91. The second-order valence-corrected chi connectivity index (χ2v) is 11.7. The van der Waals surface area contributed by atoms with Gasteiger partial charge in [0.05, 0.1) is 22.1 Å². The van der Waals surface area contributed by atoms with E-state index < -0.39 is 24.3 Å². The molecule has 3 aliphatic rings. The van der Waals surface area contributed by atoms with Gasteiger partial charge in [0.1, 0.15) is 0 Å². The molecule has 5 heterocycles. The molecular formula is C38H32F6N4O4+2. The number of aromatic nitrogens is 2. The van der Waals surface area contributed by atoms with Crippen molar-refractivity contribution in [3.05, 3.63) is 144 Å². The van der Waals surface area contributed by atoms with Crippen LogP contribution in [0.3, 0.4) is 0 Å². The molecule has 6 aromatic rings. The third kappa shape index (κ3) is 9.53. The van der Waals surface area contributed by atoms with Crippen molar-refractivity contribution in [2.45, 2.75) is 38.5 Å². The van der Waals surface area contributed by atoms with E-state index in [0.29, 0.717) is 0 Å². The third-order valence-electron chi connectivity index (χ3n) is 8.02. The van der Waals surface area contributed by atoms with E-state index in [-0.39, 0.29) is 0 Å². The van der Waals surface area contributed by atoms with E-state index in [9.17, 15) is 26.3 Å². The molecule has 0 atom stereocenters. The second kappa shape index (κ2) is 15.8. The smallest absolute Gasteiger partial charge is 0.475 e. The van der Waals surface area contributed by atoms with E-state index in [1.165, 1.54) is 44.1 Å². The Kier molecular flexibility index (Phi) is 11.3. The number of nitrogens with one attached hydrogen (secondary N) is 2. The van der Waals surface area contributed by atoms with E-state index in [0.717, 1.165) is 37.6 Å². The zero-order valence-corrected chi connectivity index (χ0v) is 27.2. The van der Waals surface area contributed by atoms with Crippen LogP contribution in [0.2, 0.25) is 0 Å². The number of alkyl halides is 6. The van der Waals surface area contributed by atoms with Gasteiger partial charge in [0.15, 0.2) is 25.5 Å². The first-order chi connectivity index (χ1) is 24.7.